The Morgan fingerprint density at radius 2 is 2.00 bits per heavy atom. The van der Waals surface area contributed by atoms with Crippen LogP contribution in [-0.2, 0) is 11.3 Å². The van der Waals surface area contributed by atoms with E-state index in [2.05, 4.69) is 15.8 Å². The fraction of sp³-hybridized carbons (Fsp3) is 0.188. The van der Waals surface area contributed by atoms with Crippen molar-refractivity contribution >= 4 is 17.5 Å². The van der Waals surface area contributed by atoms with Crippen LogP contribution < -0.4 is 10.7 Å². The molecule has 7 heteroatoms. The van der Waals surface area contributed by atoms with Crippen molar-refractivity contribution in [2.75, 3.05) is 0 Å². The highest BCUT2D eigenvalue weighted by Gasteiger charge is 2.10. The van der Waals surface area contributed by atoms with E-state index in [4.69, 9.17) is 4.42 Å². The molecule has 2 aromatic rings. The summed E-state index contributed by atoms with van der Waals surface area (Å²) in [6.45, 7) is 1.92. The largest absolute Gasteiger partial charge is 0.507 e. The second-order valence-corrected chi connectivity index (χ2v) is 4.84. The maximum atomic E-state index is 11.8. The molecule has 0 saturated heterocycles. The van der Waals surface area contributed by atoms with Crippen LogP contribution >= 0.6 is 0 Å². The van der Waals surface area contributed by atoms with Gasteiger partial charge in [-0.2, -0.15) is 5.10 Å². The van der Waals surface area contributed by atoms with E-state index in [-0.39, 0.29) is 23.6 Å². The molecule has 2 rings (SSSR count). The van der Waals surface area contributed by atoms with E-state index in [9.17, 15) is 14.7 Å². The fourth-order valence-electron chi connectivity index (χ4n) is 1.81. The molecular formula is C16H17N3O4. The van der Waals surface area contributed by atoms with E-state index in [0.29, 0.717) is 18.0 Å². The topological polar surface area (TPSA) is 104 Å². The summed E-state index contributed by atoms with van der Waals surface area (Å²) < 4.78 is 5.10. The lowest BCUT2D eigenvalue weighted by Crippen LogP contribution is -2.26. The van der Waals surface area contributed by atoms with Crippen molar-refractivity contribution in [1.29, 1.82) is 0 Å². The number of rotatable bonds is 6. The molecule has 0 fully saturated rings. The number of para-hydroxylation sites is 1. The second-order valence-electron chi connectivity index (χ2n) is 4.84. The molecule has 120 valence electrons. The van der Waals surface area contributed by atoms with Gasteiger partial charge in [-0.1, -0.05) is 12.1 Å². The quantitative estimate of drug-likeness (QED) is 0.558. The van der Waals surface area contributed by atoms with Crippen molar-refractivity contribution in [3.63, 3.8) is 0 Å². The van der Waals surface area contributed by atoms with Crippen molar-refractivity contribution in [1.82, 2.24) is 10.7 Å². The van der Waals surface area contributed by atoms with Crippen LogP contribution in [0.5, 0.6) is 5.75 Å². The third-order valence-corrected chi connectivity index (χ3v) is 2.95. The van der Waals surface area contributed by atoms with Crippen LogP contribution in [-0.4, -0.2) is 22.6 Å². The number of carbonyl (C=O) groups excluding carboxylic acids is 2. The highest BCUT2D eigenvalue weighted by Crippen LogP contribution is 2.14. The van der Waals surface area contributed by atoms with Crippen molar-refractivity contribution in [3.8, 4) is 5.75 Å². The summed E-state index contributed by atoms with van der Waals surface area (Å²) in [5, 5.41) is 16.1. The molecule has 7 nitrogen and oxygen atoms in total. The van der Waals surface area contributed by atoms with E-state index in [1.54, 1.807) is 31.2 Å². The predicted molar refractivity (Wildman–Crippen MR) is 83.9 cm³/mol. The van der Waals surface area contributed by atoms with Gasteiger partial charge >= 0.3 is 0 Å². The lowest BCUT2D eigenvalue weighted by Gasteiger charge is -2.05. The van der Waals surface area contributed by atoms with Gasteiger partial charge in [0, 0.05) is 5.71 Å². The second kappa shape index (κ2) is 7.79. The van der Waals surface area contributed by atoms with Crippen molar-refractivity contribution in [2.24, 2.45) is 5.10 Å². The molecular weight excluding hydrogens is 298 g/mol. The van der Waals surface area contributed by atoms with Gasteiger partial charge in [-0.15, -0.1) is 0 Å². The maximum Gasteiger partial charge on any atom is 0.275 e. The Hall–Kier alpha value is -3.09. The number of furan rings is 1. The van der Waals surface area contributed by atoms with Gasteiger partial charge in [-0.3, -0.25) is 9.59 Å². The highest BCUT2D eigenvalue weighted by molar-refractivity contribution is 6.01. The van der Waals surface area contributed by atoms with Crippen molar-refractivity contribution < 1.29 is 19.1 Å². The van der Waals surface area contributed by atoms with Crippen LogP contribution in [0.2, 0.25) is 0 Å². The molecule has 0 radical (unpaired) electrons. The first-order valence-electron chi connectivity index (χ1n) is 6.97. The number of aromatic hydroxyl groups is 1. The van der Waals surface area contributed by atoms with E-state index in [0.717, 1.165) is 0 Å². The van der Waals surface area contributed by atoms with E-state index >= 15 is 0 Å². The molecule has 0 atom stereocenters. The average Bonchev–Trinajstić information content (AvgIpc) is 3.04. The Bertz CT molecular complexity index is 708. The number of amides is 2. The first kappa shape index (κ1) is 16.3. The molecule has 0 bridgehead atoms. The van der Waals surface area contributed by atoms with Crippen LogP contribution in [0, 0.1) is 0 Å². The summed E-state index contributed by atoms with van der Waals surface area (Å²) in [6.07, 6.45) is 1.57. The normalized spacial score (nSPS) is 11.1. The number of phenolic OH excluding ortho intramolecular Hbond substituents is 1. The lowest BCUT2D eigenvalue weighted by atomic mass is 10.2. The lowest BCUT2D eigenvalue weighted by molar-refractivity contribution is -0.120. The van der Waals surface area contributed by atoms with E-state index < -0.39 is 5.91 Å². The summed E-state index contributed by atoms with van der Waals surface area (Å²) in [5.74, 6) is -0.257. The molecule has 0 aliphatic rings. The minimum Gasteiger partial charge on any atom is -0.507 e. The molecule has 0 unspecified atom stereocenters. The smallest absolute Gasteiger partial charge is 0.275 e. The SMILES string of the molecule is C/C(CC(=O)NCc1ccco1)=N/NC(=O)c1ccccc1O. The molecule has 23 heavy (non-hydrogen) atoms. The Morgan fingerprint density at radius 1 is 1.22 bits per heavy atom. The number of hydrogen-bond acceptors (Lipinski definition) is 5. The molecule has 0 saturated carbocycles. The Kier molecular flexibility index (Phi) is 5.51. The molecule has 1 heterocycles. The summed E-state index contributed by atoms with van der Waals surface area (Å²) in [5.41, 5.74) is 2.86. The van der Waals surface area contributed by atoms with Gasteiger partial charge in [-0.05, 0) is 31.2 Å². The average molecular weight is 315 g/mol. The zero-order chi connectivity index (χ0) is 16.7. The Labute approximate surface area is 133 Å². The number of benzene rings is 1. The maximum absolute atomic E-state index is 11.8. The summed E-state index contributed by atoms with van der Waals surface area (Å²) >= 11 is 0. The zero-order valence-electron chi connectivity index (χ0n) is 12.6. The Balaban J connectivity index is 1.81. The molecule has 0 aliphatic carbocycles. The molecule has 0 spiro atoms. The van der Waals surface area contributed by atoms with Gasteiger partial charge in [0.2, 0.25) is 5.91 Å². The van der Waals surface area contributed by atoms with Crippen LogP contribution in [0.1, 0.15) is 29.5 Å². The minimum atomic E-state index is -0.543. The van der Waals surface area contributed by atoms with E-state index in [1.807, 2.05) is 0 Å². The highest BCUT2D eigenvalue weighted by atomic mass is 16.3. The van der Waals surface area contributed by atoms with E-state index in [1.165, 1.54) is 18.4 Å². The summed E-state index contributed by atoms with van der Waals surface area (Å²) in [4.78, 5) is 23.6. The molecule has 1 aromatic heterocycles. The summed E-state index contributed by atoms with van der Waals surface area (Å²) in [7, 11) is 0. The minimum absolute atomic E-state index is 0.0434. The van der Waals surface area contributed by atoms with Gasteiger partial charge in [0.25, 0.3) is 5.91 Å². The summed E-state index contributed by atoms with van der Waals surface area (Å²) in [6, 6.07) is 9.63. The number of hydrogen-bond donors (Lipinski definition) is 3. The van der Waals surface area contributed by atoms with Crippen molar-refractivity contribution in [2.45, 2.75) is 19.9 Å². The van der Waals surface area contributed by atoms with Gasteiger partial charge in [0.15, 0.2) is 0 Å². The van der Waals surface area contributed by atoms with Crippen LogP contribution in [0.25, 0.3) is 0 Å². The number of nitrogens with zero attached hydrogens (tertiary/aromatic N) is 1. The van der Waals surface area contributed by atoms with Crippen LogP contribution in [0.15, 0.2) is 52.2 Å². The number of carbonyl (C=O) groups is 2. The third kappa shape index (κ3) is 4.99. The van der Waals surface area contributed by atoms with Gasteiger partial charge in [0.05, 0.1) is 24.8 Å². The molecule has 3 N–H and O–H groups in total. The van der Waals surface area contributed by atoms with Crippen LogP contribution in [0.4, 0.5) is 0 Å². The Morgan fingerprint density at radius 3 is 2.70 bits per heavy atom. The fourth-order valence-corrected chi connectivity index (χ4v) is 1.81. The van der Waals surface area contributed by atoms with Gasteiger partial charge in [0.1, 0.15) is 11.5 Å². The number of phenols is 1. The first-order chi connectivity index (χ1) is 11.1. The third-order valence-electron chi connectivity index (χ3n) is 2.95. The predicted octanol–water partition coefficient (Wildman–Crippen LogP) is 1.80. The van der Waals surface area contributed by atoms with Crippen molar-refractivity contribution in [3.05, 3.63) is 54.0 Å². The van der Waals surface area contributed by atoms with Gasteiger partial charge in [-0.25, -0.2) is 5.43 Å². The number of nitrogens with one attached hydrogen (secondary N) is 2. The standard InChI is InChI=1S/C16H17N3O4/c1-11(9-15(21)17-10-12-5-4-8-23-12)18-19-16(22)13-6-2-3-7-14(13)20/h2-8,20H,9-10H2,1H3,(H,17,21)(H,19,22)/b18-11-. The van der Waals surface area contributed by atoms with Gasteiger partial charge < -0.3 is 14.8 Å². The zero-order valence-corrected chi connectivity index (χ0v) is 12.6. The molecule has 0 aliphatic heterocycles. The molecule has 2 amide bonds. The molecule has 1 aromatic carbocycles. The monoisotopic (exact) mass is 315 g/mol. The van der Waals surface area contributed by atoms with Crippen LogP contribution in [0.3, 0.4) is 0 Å². The number of hydrazone groups is 1. The first-order valence-corrected chi connectivity index (χ1v) is 6.97.